The lowest BCUT2D eigenvalue weighted by molar-refractivity contribution is -0.137. The molecule has 3 nitrogen and oxygen atoms in total. The van der Waals surface area contributed by atoms with Crippen molar-refractivity contribution in [3.8, 4) is 0 Å². The quantitative estimate of drug-likeness (QED) is 0.200. The molecule has 5 rings (SSSR count). The van der Waals surface area contributed by atoms with Crippen LogP contribution in [0.5, 0.6) is 0 Å². The number of hydrogen-bond acceptors (Lipinski definition) is 2. The maximum absolute atomic E-state index is 13.5. The van der Waals surface area contributed by atoms with Gasteiger partial charge < -0.3 is 5.32 Å². The summed E-state index contributed by atoms with van der Waals surface area (Å²) >= 11 is 0. The first kappa shape index (κ1) is 29.2. The number of fused-ring (bicyclic) bond motifs is 1. The van der Waals surface area contributed by atoms with Gasteiger partial charge in [0.2, 0.25) is 5.91 Å². The van der Waals surface area contributed by atoms with Crippen molar-refractivity contribution >= 4 is 5.91 Å². The van der Waals surface area contributed by atoms with E-state index in [1.54, 1.807) is 30.3 Å². The van der Waals surface area contributed by atoms with Gasteiger partial charge in [0, 0.05) is 38.0 Å². The molecule has 1 N–H and O–H groups in total. The van der Waals surface area contributed by atoms with Gasteiger partial charge in [-0.05, 0) is 84.5 Å². The van der Waals surface area contributed by atoms with Crippen LogP contribution in [0.25, 0.3) is 0 Å². The monoisotopic (exact) mass is 570 g/mol. The Kier molecular flexibility index (Phi) is 9.07. The molecule has 1 aliphatic carbocycles. The molecule has 2 aliphatic rings. The number of rotatable bonds is 10. The fourth-order valence-corrected chi connectivity index (χ4v) is 6.60. The fraction of sp³-hybridized carbons (Fsp3) is 0.424. The predicted molar refractivity (Wildman–Crippen MR) is 148 cm³/mol. The van der Waals surface area contributed by atoms with E-state index in [0.29, 0.717) is 36.8 Å². The molecular formula is C33H35F5N2O. The zero-order valence-electron chi connectivity index (χ0n) is 22.8. The van der Waals surface area contributed by atoms with E-state index in [4.69, 9.17) is 0 Å². The smallest absolute Gasteiger partial charge is 0.353 e. The summed E-state index contributed by atoms with van der Waals surface area (Å²) in [5.74, 6) is 0.143. The molecule has 3 aromatic rings. The van der Waals surface area contributed by atoms with Gasteiger partial charge in [0.15, 0.2) is 0 Å². The lowest BCUT2D eigenvalue weighted by atomic mass is 9.87. The Morgan fingerprint density at radius 3 is 2.17 bits per heavy atom. The van der Waals surface area contributed by atoms with Crippen LogP contribution in [0.2, 0.25) is 0 Å². The summed E-state index contributed by atoms with van der Waals surface area (Å²) in [6.07, 6.45) is 0.225. The normalized spacial score (nSPS) is 20.9. The van der Waals surface area contributed by atoms with E-state index in [1.165, 1.54) is 36.4 Å². The lowest BCUT2D eigenvalue weighted by Gasteiger charge is -2.22. The topological polar surface area (TPSA) is 32.3 Å². The molecular weight excluding hydrogens is 535 g/mol. The number of unbranched alkanes of at least 4 members (excludes halogenated alkanes) is 1. The summed E-state index contributed by atoms with van der Waals surface area (Å²) in [6.45, 7) is 2.07. The number of amides is 1. The van der Waals surface area contributed by atoms with Crippen LogP contribution in [0.1, 0.15) is 66.7 Å². The second-order valence-electron chi connectivity index (χ2n) is 11.5. The van der Waals surface area contributed by atoms with E-state index in [1.807, 2.05) is 0 Å². The number of carbonyl (C=O) groups is 1. The molecule has 0 aromatic heterocycles. The minimum absolute atomic E-state index is 0.0175. The molecule has 3 aromatic carbocycles. The first-order chi connectivity index (χ1) is 19.7. The number of carbonyl (C=O) groups excluding carboxylic acids is 1. The summed E-state index contributed by atoms with van der Waals surface area (Å²) in [5, 5.41) is 3.23. The Bertz CT molecular complexity index is 1260. The molecule has 1 saturated carbocycles. The minimum atomic E-state index is -4.35. The number of nitrogens with one attached hydrogen (secondary N) is 1. The third-order valence-corrected chi connectivity index (χ3v) is 8.63. The van der Waals surface area contributed by atoms with Crippen molar-refractivity contribution in [2.45, 2.75) is 63.2 Å². The molecule has 3 atom stereocenters. The third-order valence-electron chi connectivity index (χ3n) is 8.63. The van der Waals surface area contributed by atoms with E-state index in [0.717, 1.165) is 56.0 Å². The van der Waals surface area contributed by atoms with Gasteiger partial charge in [-0.15, -0.1) is 0 Å². The van der Waals surface area contributed by atoms with Crippen LogP contribution in [0, 0.1) is 23.5 Å². The highest BCUT2D eigenvalue weighted by Crippen LogP contribution is 2.39. The van der Waals surface area contributed by atoms with Gasteiger partial charge in [-0.3, -0.25) is 9.69 Å². The van der Waals surface area contributed by atoms with E-state index in [9.17, 15) is 26.7 Å². The van der Waals surface area contributed by atoms with Crippen molar-refractivity contribution in [1.82, 2.24) is 10.2 Å². The number of nitrogens with zero attached hydrogens (tertiary/aromatic N) is 1. The van der Waals surface area contributed by atoms with Crippen molar-refractivity contribution in [2.75, 3.05) is 13.1 Å². The van der Waals surface area contributed by atoms with Crippen molar-refractivity contribution in [2.24, 2.45) is 11.8 Å². The fourth-order valence-electron chi connectivity index (χ4n) is 6.60. The van der Waals surface area contributed by atoms with Crippen molar-refractivity contribution < 1.29 is 26.7 Å². The molecule has 0 radical (unpaired) electrons. The van der Waals surface area contributed by atoms with Crippen molar-refractivity contribution in [3.63, 3.8) is 0 Å². The number of alkyl halides is 3. The molecule has 1 aliphatic heterocycles. The van der Waals surface area contributed by atoms with Crippen LogP contribution in [-0.4, -0.2) is 29.9 Å². The van der Waals surface area contributed by atoms with E-state index >= 15 is 0 Å². The van der Waals surface area contributed by atoms with Gasteiger partial charge in [0.1, 0.15) is 11.6 Å². The molecule has 0 bridgehead atoms. The molecule has 41 heavy (non-hydrogen) atoms. The molecule has 0 unspecified atom stereocenters. The van der Waals surface area contributed by atoms with Gasteiger partial charge >= 0.3 is 6.18 Å². The third kappa shape index (κ3) is 7.53. The van der Waals surface area contributed by atoms with E-state index in [2.05, 4.69) is 10.2 Å². The number of likely N-dealkylation sites (tertiary alicyclic amines) is 1. The van der Waals surface area contributed by atoms with Crippen LogP contribution in [-0.2, 0) is 17.5 Å². The van der Waals surface area contributed by atoms with Crippen LogP contribution >= 0.6 is 0 Å². The van der Waals surface area contributed by atoms with Crippen LogP contribution in [0.15, 0.2) is 72.8 Å². The Morgan fingerprint density at radius 1 is 0.878 bits per heavy atom. The Morgan fingerprint density at radius 2 is 1.54 bits per heavy atom. The van der Waals surface area contributed by atoms with Crippen LogP contribution < -0.4 is 5.32 Å². The van der Waals surface area contributed by atoms with Crippen LogP contribution in [0.4, 0.5) is 22.0 Å². The standard InChI is InChI=1S/C33H35F5N2O/c34-27-13-8-23(9-14-27)29(24-10-15-28(35)16-11-24)6-1-2-7-32(41)39-31-17-12-25-20-40(21-30(25)31)19-22-4-3-5-26(18-22)33(36,37)38/h3-5,8-11,13-16,18,25,29-31H,1-2,6-7,12,17,19-21H2,(H,39,41)/t25-,30+,31+/m0/s1. The van der Waals surface area contributed by atoms with E-state index < -0.39 is 11.7 Å². The first-order valence-electron chi connectivity index (χ1n) is 14.3. The van der Waals surface area contributed by atoms with Gasteiger partial charge in [-0.25, -0.2) is 8.78 Å². The Balaban J connectivity index is 1.10. The second-order valence-corrected chi connectivity index (χ2v) is 11.5. The number of halogens is 5. The Labute approximate surface area is 237 Å². The largest absolute Gasteiger partial charge is 0.416 e. The highest BCUT2D eigenvalue weighted by atomic mass is 19.4. The zero-order valence-corrected chi connectivity index (χ0v) is 22.8. The number of benzene rings is 3. The highest BCUT2D eigenvalue weighted by Gasteiger charge is 2.43. The average Bonchev–Trinajstić information content (AvgIpc) is 3.50. The van der Waals surface area contributed by atoms with Gasteiger partial charge in [0.25, 0.3) is 0 Å². The maximum atomic E-state index is 13.5. The van der Waals surface area contributed by atoms with Crippen molar-refractivity contribution in [1.29, 1.82) is 0 Å². The predicted octanol–water partition coefficient (Wildman–Crippen LogP) is 7.70. The van der Waals surface area contributed by atoms with Crippen molar-refractivity contribution in [3.05, 3.63) is 107 Å². The summed E-state index contributed by atoms with van der Waals surface area (Å²) < 4.78 is 66.3. The van der Waals surface area contributed by atoms with Gasteiger partial charge in [-0.2, -0.15) is 13.2 Å². The molecule has 1 amide bonds. The maximum Gasteiger partial charge on any atom is 0.416 e. The molecule has 8 heteroatoms. The second kappa shape index (κ2) is 12.7. The lowest BCUT2D eigenvalue weighted by Crippen LogP contribution is -2.39. The van der Waals surface area contributed by atoms with E-state index in [-0.39, 0.29) is 29.5 Å². The minimum Gasteiger partial charge on any atom is -0.353 e. The Hall–Kier alpha value is -3.26. The SMILES string of the molecule is O=C(CCCCC(c1ccc(F)cc1)c1ccc(F)cc1)N[C@@H]1CC[C@H]2CN(Cc3cccc(C(F)(F)F)c3)C[C@H]21. The van der Waals surface area contributed by atoms with Gasteiger partial charge in [-0.1, -0.05) is 48.9 Å². The molecule has 1 heterocycles. The average molecular weight is 571 g/mol. The summed E-state index contributed by atoms with van der Waals surface area (Å²) in [7, 11) is 0. The molecule has 218 valence electrons. The molecule has 2 fully saturated rings. The molecule has 1 saturated heterocycles. The summed E-state index contributed by atoms with van der Waals surface area (Å²) in [6, 6.07) is 18.3. The molecule has 0 spiro atoms. The first-order valence-corrected chi connectivity index (χ1v) is 14.3. The zero-order chi connectivity index (χ0) is 29.0. The highest BCUT2D eigenvalue weighted by molar-refractivity contribution is 5.76. The van der Waals surface area contributed by atoms with Crippen LogP contribution in [0.3, 0.4) is 0 Å². The summed E-state index contributed by atoms with van der Waals surface area (Å²) in [4.78, 5) is 15.0. The van der Waals surface area contributed by atoms with Gasteiger partial charge in [0.05, 0.1) is 5.56 Å². The number of hydrogen-bond donors (Lipinski definition) is 1. The summed E-state index contributed by atoms with van der Waals surface area (Å²) in [5.41, 5.74) is 1.94.